The van der Waals surface area contributed by atoms with E-state index in [-0.39, 0.29) is 5.82 Å². The van der Waals surface area contributed by atoms with Gasteiger partial charge in [0.25, 0.3) is 0 Å². The SMILES string of the molecule is CC(Nc1cncnc1NC(C)C(=O)O)C(=O)O. The molecule has 2 atom stereocenters. The third-order valence-electron chi connectivity index (χ3n) is 2.18. The zero-order valence-corrected chi connectivity index (χ0v) is 9.91. The van der Waals surface area contributed by atoms with E-state index in [1.54, 1.807) is 0 Å². The zero-order chi connectivity index (χ0) is 13.7. The Balaban J connectivity index is 2.86. The van der Waals surface area contributed by atoms with Crippen LogP contribution in [0.1, 0.15) is 13.8 Å². The predicted octanol–water partition coefficient (Wildman–Crippen LogP) is 0.247. The lowest BCUT2D eigenvalue weighted by molar-refractivity contribution is -0.138. The molecule has 0 fully saturated rings. The Kier molecular flexibility index (Phi) is 4.41. The van der Waals surface area contributed by atoms with Gasteiger partial charge >= 0.3 is 11.9 Å². The van der Waals surface area contributed by atoms with Gasteiger partial charge in [-0.3, -0.25) is 9.59 Å². The van der Waals surface area contributed by atoms with E-state index in [2.05, 4.69) is 20.6 Å². The van der Waals surface area contributed by atoms with Crippen LogP contribution in [0.3, 0.4) is 0 Å². The van der Waals surface area contributed by atoms with Gasteiger partial charge in [-0.1, -0.05) is 0 Å². The summed E-state index contributed by atoms with van der Waals surface area (Å²) in [6, 6.07) is -1.68. The number of nitrogens with zero attached hydrogens (tertiary/aromatic N) is 2. The average Bonchev–Trinajstić information content (AvgIpc) is 2.31. The van der Waals surface area contributed by atoms with Crippen LogP contribution in [-0.2, 0) is 9.59 Å². The maximum Gasteiger partial charge on any atom is 0.325 e. The zero-order valence-electron chi connectivity index (χ0n) is 9.91. The van der Waals surface area contributed by atoms with Gasteiger partial charge in [-0.05, 0) is 13.8 Å². The van der Waals surface area contributed by atoms with Crippen molar-refractivity contribution in [3.63, 3.8) is 0 Å². The fourth-order valence-corrected chi connectivity index (χ4v) is 1.11. The molecule has 0 aromatic carbocycles. The van der Waals surface area contributed by atoms with E-state index in [0.29, 0.717) is 5.69 Å². The third kappa shape index (κ3) is 3.58. The van der Waals surface area contributed by atoms with Gasteiger partial charge in [-0.15, -0.1) is 0 Å². The summed E-state index contributed by atoms with van der Waals surface area (Å²) in [6.07, 6.45) is 2.62. The Morgan fingerprint density at radius 3 is 2.28 bits per heavy atom. The molecule has 0 aliphatic rings. The minimum absolute atomic E-state index is 0.244. The largest absolute Gasteiger partial charge is 0.480 e. The summed E-state index contributed by atoms with van der Waals surface area (Å²) in [7, 11) is 0. The lowest BCUT2D eigenvalue weighted by Crippen LogP contribution is -2.29. The van der Waals surface area contributed by atoms with Gasteiger partial charge in [0.1, 0.15) is 18.4 Å². The molecule has 0 spiro atoms. The van der Waals surface area contributed by atoms with Crippen LogP contribution in [0.4, 0.5) is 11.5 Å². The minimum Gasteiger partial charge on any atom is -0.480 e. The molecular weight excluding hydrogens is 240 g/mol. The molecule has 8 nitrogen and oxygen atoms in total. The van der Waals surface area contributed by atoms with E-state index < -0.39 is 24.0 Å². The fourth-order valence-electron chi connectivity index (χ4n) is 1.11. The third-order valence-corrected chi connectivity index (χ3v) is 2.18. The number of carbonyl (C=O) groups is 2. The molecule has 0 aliphatic heterocycles. The molecule has 1 aromatic heterocycles. The van der Waals surface area contributed by atoms with Crippen molar-refractivity contribution in [2.75, 3.05) is 10.6 Å². The monoisotopic (exact) mass is 254 g/mol. The molecule has 8 heteroatoms. The molecule has 0 saturated heterocycles. The summed E-state index contributed by atoms with van der Waals surface area (Å²) in [6.45, 7) is 2.91. The summed E-state index contributed by atoms with van der Waals surface area (Å²) in [5.41, 5.74) is 0.334. The second-order valence-corrected chi connectivity index (χ2v) is 3.69. The molecule has 98 valence electrons. The highest BCUT2D eigenvalue weighted by molar-refractivity contribution is 5.81. The van der Waals surface area contributed by atoms with E-state index in [9.17, 15) is 9.59 Å². The number of hydrogen-bond acceptors (Lipinski definition) is 6. The second-order valence-electron chi connectivity index (χ2n) is 3.69. The van der Waals surface area contributed by atoms with Crippen LogP contribution < -0.4 is 10.6 Å². The van der Waals surface area contributed by atoms with Crippen molar-refractivity contribution in [1.82, 2.24) is 9.97 Å². The summed E-state index contributed by atoms with van der Waals surface area (Å²) in [4.78, 5) is 29.1. The van der Waals surface area contributed by atoms with Crippen LogP contribution in [0.5, 0.6) is 0 Å². The predicted molar refractivity (Wildman–Crippen MR) is 63.5 cm³/mol. The minimum atomic E-state index is -1.04. The number of aromatic nitrogens is 2. The van der Waals surface area contributed by atoms with Crippen LogP contribution in [0, 0.1) is 0 Å². The first-order valence-electron chi connectivity index (χ1n) is 5.20. The van der Waals surface area contributed by atoms with Gasteiger partial charge in [-0.2, -0.15) is 0 Å². The van der Waals surface area contributed by atoms with Crippen molar-refractivity contribution in [3.8, 4) is 0 Å². The van der Waals surface area contributed by atoms with Crippen molar-refractivity contribution < 1.29 is 19.8 Å². The number of aliphatic carboxylic acids is 2. The smallest absolute Gasteiger partial charge is 0.325 e. The van der Waals surface area contributed by atoms with E-state index in [0.717, 1.165) is 0 Å². The van der Waals surface area contributed by atoms with E-state index in [4.69, 9.17) is 10.2 Å². The van der Waals surface area contributed by atoms with Crippen LogP contribution in [0.25, 0.3) is 0 Å². The normalized spacial score (nSPS) is 13.4. The quantitative estimate of drug-likeness (QED) is 0.569. The molecule has 18 heavy (non-hydrogen) atoms. The van der Waals surface area contributed by atoms with Crippen LogP contribution in [0.15, 0.2) is 12.5 Å². The Morgan fingerprint density at radius 2 is 1.72 bits per heavy atom. The van der Waals surface area contributed by atoms with Gasteiger partial charge in [-0.25, -0.2) is 9.97 Å². The van der Waals surface area contributed by atoms with Gasteiger partial charge in [0.15, 0.2) is 5.82 Å². The van der Waals surface area contributed by atoms with Crippen molar-refractivity contribution >= 4 is 23.4 Å². The van der Waals surface area contributed by atoms with Crippen molar-refractivity contribution in [1.29, 1.82) is 0 Å². The lowest BCUT2D eigenvalue weighted by atomic mass is 10.3. The highest BCUT2D eigenvalue weighted by Gasteiger charge is 2.16. The molecule has 0 amide bonds. The topological polar surface area (TPSA) is 124 Å². The molecule has 0 saturated carbocycles. The highest BCUT2D eigenvalue weighted by Crippen LogP contribution is 2.18. The van der Waals surface area contributed by atoms with E-state index in [1.165, 1.54) is 26.4 Å². The Morgan fingerprint density at radius 1 is 1.17 bits per heavy atom. The molecule has 2 unspecified atom stereocenters. The van der Waals surface area contributed by atoms with Gasteiger partial charge in [0, 0.05) is 0 Å². The molecule has 1 rings (SSSR count). The summed E-state index contributed by atoms with van der Waals surface area (Å²) >= 11 is 0. The summed E-state index contributed by atoms with van der Waals surface area (Å²) < 4.78 is 0. The molecule has 1 aromatic rings. The van der Waals surface area contributed by atoms with E-state index >= 15 is 0 Å². The number of carboxylic acid groups (broad SMARTS) is 2. The Hall–Kier alpha value is -2.38. The number of carboxylic acids is 2. The maximum atomic E-state index is 10.7. The van der Waals surface area contributed by atoms with Gasteiger partial charge in [0.05, 0.1) is 11.9 Å². The summed E-state index contributed by atoms with van der Waals surface area (Å²) in [5.74, 6) is -1.82. The van der Waals surface area contributed by atoms with Crippen LogP contribution >= 0.6 is 0 Å². The second kappa shape index (κ2) is 5.80. The first kappa shape index (κ1) is 13.7. The van der Waals surface area contributed by atoms with Crippen LogP contribution in [-0.4, -0.2) is 44.2 Å². The molecule has 1 heterocycles. The first-order chi connectivity index (χ1) is 8.41. The molecular formula is C10H14N4O4. The number of anilines is 2. The van der Waals surface area contributed by atoms with Crippen LogP contribution in [0.2, 0.25) is 0 Å². The van der Waals surface area contributed by atoms with Gasteiger partial charge in [0.2, 0.25) is 0 Å². The first-order valence-corrected chi connectivity index (χ1v) is 5.20. The number of nitrogens with one attached hydrogen (secondary N) is 2. The average molecular weight is 254 g/mol. The van der Waals surface area contributed by atoms with Crippen molar-refractivity contribution in [2.24, 2.45) is 0 Å². The standard InChI is InChI=1S/C10H14N4O4/c1-5(9(15)16)13-7-3-11-4-12-8(7)14-6(2)10(17)18/h3-6,13H,1-2H3,(H,15,16)(H,17,18)(H,11,12,14). The highest BCUT2D eigenvalue weighted by atomic mass is 16.4. The van der Waals surface area contributed by atoms with Gasteiger partial charge < -0.3 is 20.8 Å². The van der Waals surface area contributed by atoms with Crippen molar-refractivity contribution in [3.05, 3.63) is 12.5 Å². The lowest BCUT2D eigenvalue weighted by Gasteiger charge is -2.16. The maximum absolute atomic E-state index is 10.7. The number of hydrogen-bond donors (Lipinski definition) is 4. The number of rotatable bonds is 6. The fraction of sp³-hybridized carbons (Fsp3) is 0.400. The molecule has 0 aliphatic carbocycles. The molecule has 4 N–H and O–H groups in total. The Bertz CT molecular complexity index is 410. The molecule has 0 bridgehead atoms. The van der Waals surface area contributed by atoms with E-state index in [1.807, 2.05) is 0 Å². The van der Waals surface area contributed by atoms with Crippen molar-refractivity contribution in [2.45, 2.75) is 25.9 Å². The summed E-state index contributed by atoms with van der Waals surface area (Å²) in [5, 5.41) is 22.9. The Labute approximate surface area is 103 Å². The molecule has 0 radical (unpaired) electrons.